The molecular formula is C23H32N4O2. The van der Waals surface area contributed by atoms with Gasteiger partial charge in [0.25, 0.3) is 0 Å². The maximum Gasteiger partial charge on any atom is 0.224 e. The lowest BCUT2D eigenvalue weighted by Crippen LogP contribution is -2.30. The maximum atomic E-state index is 13.0. The summed E-state index contributed by atoms with van der Waals surface area (Å²) in [7, 11) is 0. The third kappa shape index (κ3) is 4.74. The van der Waals surface area contributed by atoms with Crippen LogP contribution < -0.4 is 5.32 Å². The molecule has 0 fully saturated rings. The van der Waals surface area contributed by atoms with Gasteiger partial charge in [-0.25, -0.2) is 0 Å². The standard InChI is InChI=1S/C23H32N4O2/c1-14(2)13-27-16(4)18(22-19(27)8-23(5,6)9-20(22)28)7-21(29)26-12-17-11-24-15(3)10-25-17/h10-11,14H,7-9,12-13H2,1-6H3,(H,26,29). The van der Waals surface area contributed by atoms with Gasteiger partial charge >= 0.3 is 0 Å². The van der Waals surface area contributed by atoms with Crippen molar-refractivity contribution in [2.75, 3.05) is 0 Å². The second kappa shape index (κ2) is 8.09. The molecule has 0 atom stereocenters. The molecule has 29 heavy (non-hydrogen) atoms. The minimum atomic E-state index is -0.0994. The van der Waals surface area contributed by atoms with E-state index in [1.807, 2.05) is 13.8 Å². The number of amides is 1. The van der Waals surface area contributed by atoms with Gasteiger partial charge in [-0.05, 0) is 37.2 Å². The van der Waals surface area contributed by atoms with Crippen LogP contribution in [-0.2, 0) is 30.7 Å². The first kappa shape index (κ1) is 21.2. The number of nitrogens with one attached hydrogen (secondary N) is 1. The Morgan fingerprint density at radius 1 is 1.21 bits per heavy atom. The summed E-state index contributed by atoms with van der Waals surface area (Å²) in [5.74, 6) is 0.527. The molecule has 6 heteroatoms. The highest BCUT2D eigenvalue weighted by molar-refractivity contribution is 6.01. The lowest BCUT2D eigenvalue weighted by atomic mass is 9.75. The fourth-order valence-corrected chi connectivity index (χ4v) is 4.16. The van der Waals surface area contributed by atoms with E-state index in [1.54, 1.807) is 12.4 Å². The summed E-state index contributed by atoms with van der Waals surface area (Å²) in [4.78, 5) is 34.2. The van der Waals surface area contributed by atoms with Crippen molar-refractivity contribution >= 4 is 11.7 Å². The third-order valence-corrected chi connectivity index (χ3v) is 5.51. The molecule has 0 saturated heterocycles. The molecule has 2 aromatic heterocycles. The maximum absolute atomic E-state index is 13.0. The zero-order chi connectivity index (χ0) is 21.3. The summed E-state index contributed by atoms with van der Waals surface area (Å²) in [5.41, 5.74) is 5.33. The van der Waals surface area contributed by atoms with Crippen LogP contribution in [0.4, 0.5) is 0 Å². The molecule has 0 saturated carbocycles. The Labute approximate surface area is 173 Å². The summed E-state index contributed by atoms with van der Waals surface area (Å²) in [6, 6.07) is 0. The van der Waals surface area contributed by atoms with Crippen LogP contribution in [0.5, 0.6) is 0 Å². The van der Waals surface area contributed by atoms with Crippen molar-refractivity contribution in [1.82, 2.24) is 19.9 Å². The van der Waals surface area contributed by atoms with Crippen molar-refractivity contribution in [3.8, 4) is 0 Å². The third-order valence-electron chi connectivity index (χ3n) is 5.51. The van der Waals surface area contributed by atoms with Gasteiger partial charge in [0.05, 0.1) is 30.6 Å². The van der Waals surface area contributed by atoms with Crippen LogP contribution >= 0.6 is 0 Å². The van der Waals surface area contributed by atoms with Crippen LogP contribution in [0, 0.1) is 25.2 Å². The first-order valence-electron chi connectivity index (χ1n) is 10.4. The fraction of sp³-hybridized carbons (Fsp3) is 0.565. The first-order valence-corrected chi connectivity index (χ1v) is 10.4. The molecule has 1 amide bonds. The number of Topliss-reactive ketones (excluding diaryl/α,β-unsaturated/α-hetero) is 1. The summed E-state index contributed by atoms with van der Waals surface area (Å²) >= 11 is 0. The molecule has 2 aromatic rings. The molecule has 1 N–H and O–H groups in total. The molecule has 0 aromatic carbocycles. The topological polar surface area (TPSA) is 76.9 Å². The van der Waals surface area contributed by atoms with E-state index in [0.29, 0.717) is 18.9 Å². The van der Waals surface area contributed by atoms with Crippen molar-refractivity contribution in [3.63, 3.8) is 0 Å². The van der Waals surface area contributed by atoms with E-state index >= 15 is 0 Å². The number of ketones is 1. The van der Waals surface area contributed by atoms with Crippen LogP contribution in [0.2, 0.25) is 0 Å². The highest BCUT2D eigenvalue weighted by Crippen LogP contribution is 2.39. The lowest BCUT2D eigenvalue weighted by Gasteiger charge is -2.30. The number of aromatic nitrogens is 3. The predicted octanol–water partition coefficient (Wildman–Crippen LogP) is 3.56. The Hall–Kier alpha value is -2.50. The molecule has 2 heterocycles. The number of carbonyl (C=O) groups is 2. The number of rotatable bonds is 6. The van der Waals surface area contributed by atoms with Crippen molar-refractivity contribution in [3.05, 3.63) is 46.3 Å². The molecule has 1 aliphatic rings. The Bertz CT molecular complexity index is 923. The number of hydrogen-bond acceptors (Lipinski definition) is 4. The van der Waals surface area contributed by atoms with Crippen LogP contribution in [0.15, 0.2) is 12.4 Å². The van der Waals surface area contributed by atoms with Crippen molar-refractivity contribution in [1.29, 1.82) is 0 Å². The van der Waals surface area contributed by atoms with E-state index in [0.717, 1.165) is 46.9 Å². The van der Waals surface area contributed by atoms with Crippen LogP contribution in [0.25, 0.3) is 0 Å². The molecule has 0 bridgehead atoms. The van der Waals surface area contributed by atoms with E-state index < -0.39 is 0 Å². The number of carbonyl (C=O) groups excluding carboxylic acids is 2. The van der Waals surface area contributed by atoms with Crippen molar-refractivity contribution in [2.24, 2.45) is 11.3 Å². The summed E-state index contributed by atoms with van der Waals surface area (Å²) in [6.45, 7) is 13.7. The zero-order valence-electron chi connectivity index (χ0n) is 18.4. The zero-order valence-corrected chi connectivity index (χ0v) is 18.4. The quantitative estimate of drug-likeness (QED) is 0.810. The van der Waals surface area contributed by atoms with E-state index in [-0.39, 0.29) is 23.5 Å². The Morgan fingerprint density at radius 3 is 2.55 bits per heavy atom. The number of fused-ring (bicyclic) bond motifs is 1. The van der Waals surface area contributed by atoms with Gasteiger partial charge in [0.2, 0.25) is 5.91 Å². The number of aryl methyl sites for hydroxylation is 1. The molecule has 0 aliphatic heterocycles. The largest absolute Gasteiger partial charge is 0.350 e. The van der Waals surface area contributed by atoms with E-state index in [2.05, 4.69) is 47.5 Å². The monoisotopic (exact) mass is 396 g/mol. The second-order valence-corrected chi connectivity index (χ2v) is 9.43. The van der Waals surface area contributed by atoms with Crippen LogP contribution in [0.1, 0.15) is 72.8 Å². The van der Waals surface area contributed by atoms with Gasteiger partial charge in [-0.2, -0.15) is 0 Å². The normalized spacial score (nSPS) is 15.5. The fourth-order valence-electron chi connectivity index (χ4n) is 4.16. The molecule has 1 aliphatic carbocycles. The van der Waals surface area contributed by atoms with Gasteiger partial charge in [0, 0.05) is 36.1 Å². The van der Waals surface area contributed by atoms with Crippen molar-refractivity contribution < 1.29 is 9.59 Å². The first-order chi connectivity index (χ1) is 13.6. The summed E-state index contributed by atoms with van der Waals surface area (Å²) in [6.07, 6.45) is 4.97. The molecule has 3 rings (SSSR count). The van der Waals surface area contributed by atoms with Gasteiger partial charge in [0.15, 0.2) is 5.78 Å². The van der Waals surface area contributed by atoms with E-state index in [9.17, 15) is 9.59 Å². The average Bonchev–Trinajstić information content (AvgIpc) is 2.85. The Balaban J connectivity index is 1.85. The minimum absolute atomic E-state index is 0.0484. The van der Waals surface area contributed by atoms with Gasteiger partial charge in [0.1, 0.15) is 0 Å². The Morgan fingerprint density at radius 2 is 1.93 bits per heavy atom. The molecule has 0 spiro atoms. The van der Waals surface area contributed by atoms with Crippen LogP contribution in [-0.4, -0.2) is 26.2 Å². The van der Waals surface area contributed by atoms with Gasteiger partial charge in [-0.3, -0.25) is 19.6 Å². The highest BCUT2D eigenvalue weighted by atomic mass is 16.1. The van der Waals surface area contributed by atoms with Gasteiger partial charge in [-0.1, -0.05) is 27.7 Å². The summed E-state index contributed by atoms with van der Waals surface area (Å²) < 4.78 is 2.27. The number of hydrogen-bond donors (Lipinski definition) is 1. The molecule has 6 nitrogen and oxygen atoms in total. The number of nitrogens with zero attached hydrogens (tertiary/aromatic N) is 3. The van der Waals surface area contributed by atoms with E-state index in [4.69, 9.17) is 0 Å². The SMILES string of the molecule is Cc1cnc(CNC(=O)Cc2c3c(n(CC(C)C)c2C)CC(C)(C)CC3=O)cn1. The molecule has 0 radical (unpaired) electrons. The smallest absolute Gasteiger partial charge is 0.224 e. The summed E-state index contributed by atoms with van der Waals surface area (Å²) in [5, 5.41) is 2.92. The average molecular weight is 397 g/mol. The highest BCUT2D eigenvalue weighted by Gasteiger charge is 2.37. The van der Waals surface area contributed by atoms with Gasteiger partial charge in [-0.15, -0.1) is 0 Å². The lowest BCUT2D eigenvalue weighted by molar-refractivity contribution is -0.120. The molecule has 156 valence electrons. The second-order valence-electron chi connectivity index (χ2n) is 9.43. The van der Waals surface area contributed by atoms with Gasteiger partial charge < -0.3 is 9.88 Å². The molecular weight excluding hydrogens is 364 g/mol. The van der Waals surface area contributed by atoms with E-state index in [1.165, 1.54) is 0 Å². The predicted molar refractivity (Wildman–Crippen MR) is 113 cm³/mol. The van der Waals surface area contributed by atoms with Crippen LogP contribution in [0.3, 0.4) is 0 Å². The molecule has 0 unspecified atom stereocenters. The minimum Gasteiger partial charge on any atom is -0.350 e. The Kier molecular flexibility index (Phi) is 5.92. The van der Waals surface area contributed by atoms with Crippen molar-refractivity contribution in [2.45, 2.75) is 73.9 Å².